The summed E-state index contributed by atoms with van der Waals surface area (Å²) in [5, 5.41) is 0.447. The maximum atomic E-state index is 11.7. The molecule has 0 aliphatic rings. The fraction of sp³-hybridized carbons (Fsp3) is 0.462. The summed E-state index contributed by atoms with van der Waals surface area (Å²) in [6.45, 7) is 1.43. The number of carbonyl (C=O) groups is 1. The topological polar surface area (TPSA) is 70.8 Å². The van der Waals surface area contributed by atoms with Crippen molar-refractivity contribution in [2.75, 3.05) is 33.5 Å². The predicted octanol–water partition coefficient (Wildman–Crippen LogP) is 1.55. The molecule has 19 heavy (non-hydrogen) atoms. The van der Waals surface area contributed by atoms with E-state index in [0.717, 1.165) is 0 Å². The van der Waals surface area contributed by atoms with Gasteiger partial charge in [0.1, 0.15) is 12.6 Å². The van der Waals surface area contributed by atoms with Gasteiger partial charge in [-0.2, -0.15) is 0 Å². The number of nitrogens with two attached hydrogens (primary N) is 1. The molecule has 1 aromatic carbocycles. The highest BCUT2D eigenvalue weighted by molar-refractivity contribution is 6.31. The zero-order chi connectivity index (χ0) is 14.1. The second-order valence-electron chi connectivity index (χ2n) is 3.77. The van der Waals surface area contributed by atoms with E-state index in [1.807, 2.05) is 0 Å². The first-order valence-electron chi connectivity index (χ1n) is 5.90. The van der Waals surface area contributed by atoms with Crippen LogP contribution < -0.4 is 5.73 Å². The number of hydrogen-bond acceptors (Lipinski definition) is 5. The summed E-state index contributed by atoms with van der Waals surface area (Å²) >= 11 is 5.96. The van der Waals surface area contributed by atoms with E-state index in [0.29, 0.717) is 30.4 Å². The molecule has 1 aromatic rings. The minimum atomic E-state index is -0.882. The monoisotopic (exact) mass is 287 g/mol. The Bertz CT molecular complexity index is 400. The first-order valence-corrected chi connectivity index (χ1v) is 6.28. The number of hydrogen-bond donors (Lipinski definition) is 1. The van der Waals surface area contributed by atoms with Gasteiger partial charge in [0, 0.05) is 12.1 Å². The Morgan fingerprint density at radius 2 is 1.95 bits per heavy atom. The van der Waals surface area contributed by atoms with E-state index in [9.17, 15) is 4.79 Å². The van der Waals surface area contributed by atoms with Gasteiger partial charge in [-0.3, -0.25) is 0 Å². The Hall–Kier alpha value is -1.14. The molecule has 6 heteroatoms. The zero-order valence-electron chi connectivity index (χ0n) is 10.8. The van der Waals surface area contributed by atoms with Crippen LogP contribution in [0.1, 0.15) is 11.6 Å². The lowest BCUT2D eigenvalue weighted by molar-refractivity contribution is -0.147. The normalized spacial score (nSPS) is 12.2. The van der Waals surface area contributed by atoms with Crippen molar-refractivity contribution in [1.82, 2.24) is 0 Å². The third kappa shape index (κ3) is 5.57. The quantitative estimate of drug-likeness (QED) is 0.580. The maximum Gasteiger partial charge on any atom is 0.327 e. The average molecular weight is 288 g/mol. The molecule has 1 atom stereocenters. The van der Waals surface area contributed by atoms with Crippen molar-refractivity contribution in [2.45, 2.75) is 6.04 Å². The SMILES string of the molecule is COCCOCCOC(=O)[C@H](N)c1ccccc1Cl. The van der Waals surface area contributed by atoms with Crippen LogP contribution in [0.2, 0.25) is 5.02 Å². The number of esters is 1. The first kappa shape index (κ1) is 15.9. The molecule has 1 rings (SSSR count). The molecular weight excluding hydrogens is 270 g/mol. The van der Waals surface area contributed by atoms with Gasteiger partial charge < -0.3 is 19.9 Å². The minimum Gasteiger partial charge on any atom is -0.462 e. The minimum absolute atomic E-state index is 0.153. The molecule has 0 heterocycles. The molecule has 0 radical (unpaired) electrons. The summed E-state index contributed by atoms with van der Waals surface area (Å²) in [4.78, 5) is 11.7. The molecule has 2 N–H and O–H groups in total. The molecule has 0 aliphatic heterocycles. The summed E-state index contributed by atoms with van der Waals surface area (Å²) in [7, 11) is 1.59. The van der Waals surface area contributed by atoms with Crippen molar-refractivity contribution in [2.24, 2.45) is 5.73 Å². The maximum absolute atomic E-state index is 11.7. The molecule has 0 aliphatic carbocycles. The van der Waals surface area contributed by atoms with Crippen molar-refractivity contribution in [3.8, 4) is 0 Å². The zero-order valence-corrected chi connectivity index (χ0v) is 11.6. The largest absolute Gasteiger partial charge is 0.462 e. The average Bonchev–Trinajstić information content (AvgIpc) is 2.42. The highest BCUT2D eigenvalue weighted by Gasteiger charge is 2.19. The molecule has 0 saturated heterocycles. The van der Waals surface area contributed by atoms with Crippen LogP contribution in [-0.2, 0) is 19.0 Å². The van der Waals surface area contributed by atoms with Crippen LogP contribution in [0.25, 0.3) is 0 Å². The molecule has 0 aromatic heterocycles. The van der Waals surface area contributed by atoms with Crippen LogP contribution in [0, 0.1) is 0 Å². The van der Waals surface area contributed by atoms with Crippen molar-refractivity contribution in [3.05, 3.63) is 34.9 Å². The van der Waals surface area contributed by atoms with Crippen molar-refractivity contribution >= 4 is 17.6 Å². The molecule has 0 fully saturated rings. The van der Waals surface area contributed by atoms with Crippen LogP contribution in [0.5, 0.6) is 0 Å². The van der Waals surface area contributed by atoms with E-state index in [-0.39, 0.29) is 6.61 Å². The third-order valence-electron chi connectivity index (χ3n) is 2.40. The fourth-order valence-electron chi connectivity index (χ4n) is 1.39. The lowest BCUT2D eigenvalue weighted by Gasteiger charge is -2.13. The van der Waals surface area contributed by atoms with Crippen LogP contribution in [0.4, 0.5) is 0 Å². The molecule has 0 unspecified atom stereocenters. The number of rotatable bonds is 8. The second-order valence-corrected chi connectivity index (χ2v) is 4.18. The molecule has 106 valence electrons. The van der Waals surface area contributed by atoms with E-state index < -0.39 is 12.0 Å². The van der Waals surface area contributed by atoms with Gasteiger partial charge in [0.15, 0.2) is 0 Å². The Kier molecular flexibility index (Phi) is 7.43. The van der Waals surface area contributed by atoms with E-state index in [4.69, 9.17) is 31.5 Å². The summed E-state index contributed by atoms with van der Waals surface area (Å²) in [5.74, 6) is -0.525. The van der Waals surface area contributed by atoms with Crippen molar-refractivity contribution in [3.63, 3.8) is 0 Å². The number of methoxy groups -OCH3 is 1. The van der Waals surface area contributed by atoms with Crippen LogP contribution in [0.3, 0.4) is 0 Å². The van der Waals surface area contributed by atoms with E-state index in [1.54, 1.807) is 31.4 Å². The standard InChI is InChI=1S/C13H18ClNO4/c1-17-6-7-18-8-9-19-13(16)12(15)10-4-2-3-5-11(10)14/h2-5,12H,6-9,15H2,1H3/t12-/m1/s1. The number of ether oxygens (including phenoxy) is 3. The fourth-order valence-corrected chi connectivity index (χ4v) is 1.64. The summed E-state index contributed by atoms with van der Waals surface area (Å²) in [6, 6.07) is 6.03. The molecular formula is C13H18ClNO4. The Morgan fingerprint density at radius 1 is 1.26 bits per heavy atom. The molecule has 0 saturated carbocycles. The highest BCUT2D eigenvalue weighted by Crippen LogP contribution is 2.21. The molecule has 0 bridgehead atoms. The molecule has 5 nitrogen and oxygen atoms in total. The number of benzene rings is 1. The third-order valence-corrected chi connectivity index (χ3v) is 2.74. The van der Waals surface area contributed by atoms with E-state index >= 15 is 0 Å². The lowest BCUT2D eigenvalue weighted by Crippen LogP contribution is -2.25. The number of carbonyl (C=O) groups excluding carboxylic acids is 1. The van der Waals surface area contributed by atoms with Gasteiger partial charge in [0.25, 0.3) is 0 Å². The van der Waals surface area contributed by atoms with Gasteiger partial charge in [0.05, 0.1) is 19.8 Å². The van der Waals surface area contributed by atoms with E-state index in [1.165, 1.54) is 0 Å². The smallest absolute Gasteiger partial charge is 0.327 e. The highest BCUT2D eigenvalue weighted by atomic mass is 35.5. The summed E-state index contributed by atoms with van der Waals surface area (Å²) in [6.07, 6.45) is 0. The Labute approximate surface area is 117 Å². The Morgan fingerprint density at radius 3 is 2.63 bits per heavy atom. The van der Waals surface area contributed by atoms with E-state index in [2.05, 4.69) is 0 Å². The van der Waals surface area contributed by atoms with Crippen molar-refractivity contribution in [1.29, 1.82) is 0 Å². The Balaban J connectivity index is 2.31. The first-order chi connectivity index (χ1) is 9.16. The summed E-state index contributed by atoms with van der Waals surface area (Å²) in [5.41, 5.74) is 6.33. The van der Waals surface area contributed by atoms with Crippen LogP contribution in [-0.4, -0.2) is 39.5 Å². The summed E-state index contributed by atoms with van der Waals surface area (Å²) < 4.78 is 15.0. The molecule has 0 amide bonds. The van der Waals surface area contributed by atoms with Gasteiger partial charge >= 0.3 is 5.97 Å². The van der Waals surface area contributed by atoms with Crippen molar-refractivity contribution < 1.29 is 19.0 Å². The van der Waals surface area contributed by atoms with Gasteiger partial charge in [-0.15, -0.1) is 0 Å². The van der Waals surface area contributed by atoms with Gasteiger partial charge in [-0.05, 0) is 11.6 Å². The lowest BCUT2D eigenvalue weighted by atomic mass is 10.1. The second kappa shape index (κ2) is 8.87. The van der Waals surface area contributed by atoms with Crippen LogP contribution in [0.15, 0.2) is 24.3 Å². The van der Waals surface area contributed by atoms with Gasteiger partial charge in [0.2, 0.25) is 0 Å². The van der Waals surface area contributed by atoms with Crippen LogP contribution >= 0.6 is 11.6 Å². The van der Waals surface area contributed by atoms with Gasteiger partial charge in [-0.1, -0.05) is 29.8 Å². The molecule has 0 spiro atoms. The predicted molar refractivity (Wildman–Crippen MR) is 72.0 cm³/mol. The van der Waals surface area contributed by atoms with Gasteiger partial charge in [-0.25, -0.2) is 4.79 Å². The number of halogens is 1.